The number of hydrogen-bond acceptors (Lipinski definition) is 8. The van der Waals surface area contributed by atoms with Gasteiger partial charge < -0.3 is 29.6 Å². The van der Waals surface area contributed by atoms with Crippen LogP contribution in [0.1, 0.15) is 20.8 Å². The molecule has 0 unspecified atom stereocenters. The zero-order valence-corrected chi connectivity index (χ0v) is 15.1. The van der Waals surface area contributed by atoms with Crippen LogP contribution in [0.4, 0.5) is 9.59 Å². The summed E-state index contributed by atoms with van der Waals surface area (Å²) in [5.41, 5.74) is 0.473. The fraction of sp³-hybridized carbons (Fsp3) is 0.500. The Morgan fingerprint density at radius 3 is 1.35 bits per heavy atom. The van der Waals surface area contributed by atoms with Crippen molar-refractivity contribution in [2.45, 2.75) is 26.9 Å². The van der Waals surface area contributed by atoms with E-state index in [1.807, 2.05) is 0 Å². The lowest BCUT2D eigenvalue weighted by atomic mass is 10.4. The van der Waals surface area contributed by atoms with E-state index in [1.165, 1.54) is 20.8 Å². The van der Waals surface area contributed by atoms with E-state index < -0.39 is 30.3 Å². The molecule has 0 aliphatic carbocycles. The summed E-state index contributed by atoms with van der Waals surface area (Å²) in [4.78, 5) is 45.1. The lowest BCUT2D eigenvalue weighted by Gasteiger charge is -2.15. The Hall–Kier alpha value is -3.04. The fourth-order valence-corrected chi connectivity index (χ4v) is 1.26. The maximum Gasteiger partial charge on any atom is 0.408 e. The molecule has 26 heavy (non-hydrogen) atoms. The van der Waals surface area contributed by atoms with Crippen molar-refractivity contribution in [3.8, 4) is 0 Å². The van der Waals surface area contributed by atoms with Crippen molar-refractivity contribution in [2.24, 2.45) is 0 Å². The number of rotatable bonds is 10. The Bertz CT molecular complexity index is 510. The fourth-order valence-electron chi connectivity index (χ4n) is 1.26. The highest BCUT2D eigenvalue weighted by Crippen LogP contribution is 1.93. The van der Waals surface area contributed by atoms with Crippen molar-refractivity contribution in [3.63, 3.8) is 0 Å². The molecule has 0 radical (unpaired) electrons. The predicted molar refractivity (Wildman–Crippen MR) is 90.0 cm³/mol. The van der Waals surface area contributed by atoms with Gasteiger partial charge in [-0.3, -0.25) is 0 Å². The monoisotopic (exact) mass is 372 g/mol. The number of carbonyl (C=O) groups excluding carboxylic acids is 4. The second-order valence-electron chi connectivity index (χ2n) is 5.11. The normalized spacial score (nSPS) is 9.69. The Kier molecular flexibility index (Phi) is 10.9. The van der Waals surface area contributed by atoms with Crippen molar-refractivity contribution < 1.29 is 38.1 Å². The lowest BCUT2D eigenvalue weighted by molar-refractivity contribution is -0.140. The van der Waals surface area contributed by atoms with Crippen molar-refractivity contribution in [3.05, 3.63) is 24.3 Å². The molecule has 0 aromatic heterocycles. The summed E-state index contributed by atoms with van der Waals surface area (Å²) in [5, 5.41) is 4.63. The minimum absolute atomic E-state index is 0.119. The van der Waals surface area contributed by atoms with Crippen LogP contribution in [0.3, 0.4) is 0 Å². The van der Waals surface area contributed by atoms with Crippen LogP contribution in [-0.4, -0.2) is 56.7 Å². The first kappa shape index (κ1) is 23.0. The molecule has 0 aliphatic heterocycles. The number of ether oxygens (including phenoxy) is 4. The average Bonchev–Trinajstić information content (AvgIpc) is 2.54. The molecule has 146 valence electrons. The Morgan fingerprint density at radius 1 is 0.731 bits per heavy atom. The van der Waals surface area contributed by atoms with Crippen LogP contribution in [0.25, 0.3) is 0 Å². The summed E-state index contributed by atoms with van der Waals surface area (Å²) in [5.74, 6) is -1.17. The number of carbonyl (C=O) groups is 4. The molecule has 2 amide bonds. The van der Waals surface area contributed by atoms with Gasteiger partial charge in [-0.05, 0) is 20.8 Å². The highest BCUT2D eigenvalue weighted by Gasteiger charge is 2.12. The molecule has 0 aromatic carbocycles. The molecule has 0 aliphatic rings. The van der Waals surface area contributed by atoms with Gasteiger partial charge >= 0.3 is 24.1 Å². The first-order valence-electron chi connectivity index (χ1n) is 7.65. The molecule has 0 saturated heterocycles. The lowest BCUT2D eigenvalue weighted by Crippen LogP contribution is -2.46. The maximum absolute atomic E-state index is 11.5. The molecule has 0 heterocycles. The zero-order valence-electron chi connectivity index (χ0n) is 15.1. The van der Waals surface area contributed by atoms with E-state index in [0.29, 0.717) is 0 Å². The van der Waals surface area contributed by atoms with Crippen molar-refractivity contribution in [1.29, 1.82) is 0 Å². The minimum Gasteiger partial charge on any atom is -0.459 e. The van der Waals surface area contributed by atoms with E-state index >= 15 is 0 Å². The van der Waals surface area contributed by atoms with Gasteiger partial charge in [0.2, 0.25) is 0 Å². The summed E-state index contributed by atoms with van der Waals surface area (Å²) in [6.45, 7) is 10.7. The highest BCUT2D eigenvalue weighted by molar-refractivity contribution is 5.87. The number of esters is 2. The second-order valence-corrected chi connectivity index (χ2v) is 5.11. The number of nitrogens with one attached hydrogen (secondary N) is 2. The van der Waals surface area contributed by atoms with Crippen LogP contribution >= 0.6 is 0 Å². The zero-order chi connectivity index (χ0) is 20.1. The van der Waals surface area contributed by atoms with E-state index in [1.54, 1.807) is 0 Å². The number of hydrogen-bond donors (Lipinski definition) is 2. The third kappa shape index (κ3) is 11.5. The van der Waals surface area contributed by atoms with Gasteiger partial charge in [0.25, 0.3) is 0 Å². The summed E-state index contributed by atoms with van der Waals surface area (Å²) < 4.78 is 19.0. The Labute approximate surface area is 151 Å². The topological polar surface area (TPSA) is 129 Å². The Balaban J connectivity index is 3.83. The smallest absolute Gasteiger partial charge is 0.408 e. The second kappa shape index (κ2) is 12.3. The summed E-state index contributed by atoms with van der Waals surface area (Å²) in [6, 6.07) is 0. The van der Waals surface area contributed by atoms with Crippen molar-refractivity contribution >= 4 is 24.1 Å². The molecule has 0 fully saturated rings. The highest BCUT2D eigenvalue weighted by atomic mass is 16.6. The number of amides is 2. The largest absolute Gasteiger partial charge is 0.459 e. The minimum atomic E-state index is -0.820. The molecule has 0 saturated carbocycles. The van der Waals surface area contributed by atoms with Crippen molar-refractivity contribution in [1.82, 2.24) is 10.6 Å². The molecule has 0 spiro atoms. The van der Waals surface area contributed by atoms with Crippen LogP contribution in [0.5, 0.6) is 0 Å². The molecule has 2 N–H and O–H groups in total. The molecule has 0 atom stereocenters. The van der Waals surface area contributed by atoms with Gasteiger partial charge in [0, 0.05) is 11.1 Å². The van der Waals surface area contributed by atoms with Crippen LogP contribution in [0.2, 0.25) is 0 Å². The standard InChI is InChI=1S/C16H24N2O8/c1-10(2)13(19)23-6-8-25-15(21)17-12(5)18-16(22)26-9-7-24-14(20)11(3)4/h12H,1,3,6-9H2,2,4-5H3,(H,17,21)(H,18,22). The Morgan fingerprint density at radius 2 is 1.04 bits per heavy atom. The van der Waals surface area contributed by atoms with Gasteiger partial charge in [-0.1, -0.05) is 13.2 Å². The number of alkyl carbamates (subject to hydrolysis) is 2. The van der Waals surface area contributed by atoms with Crippen LogP contribution in [-0.2, 0) is 28.5 Å². The quantitative estimate of drug-likeness (QED) is 0.191. The van der Waals surface area contributed by atoms with Crippen LogP contribution < -0.4 is 10.6 Å². The summed E-state index contributed by atoms with van der Waals surface area (Å²) in [6.07, 6.45) is -2.43. The van der Waals surface area contributed by atoms with E-state index in [4.69, 9.17) is 18.9 Å². The van der Waals surface area contributed by atoms with Crippen LogP contribution in [0.15, 0.2) is 24.3 Å². The van der Waals surface area contributed by atoms with Gasteiger partial charge in [-0.15, -0.1) is 0 Å². The molecule has 0 aromatic rings. The van der Waals surface area contributed by atoms with Gasteiger partial charge in [-0.2, -0.15) is 0 Å². The van der Waals surface area contributed by atoms with E-state index in [-0.39, 0.29) is 37.6 Å². The molecular formula is C16H24N2O8. The van der Waals surface area contributed by atoms with Gasteiger partial charge in [-0.25, -0.2) is 19.2 Å². The van der Waals surface area contributed by atoms with Crippen LogP contribution in [0, 0.1) is 0 Å². The molecule has 0 bridgehead atoms. The SMILES string of the molecule is C=C(C)C(=O)OCCOC(=O)NC(C)NC(=O)OCCOC(=O)C(=C)C. The predicted octanol–water partition coefficient (Wildman–Crippen LogP) is 1.02. The van der Waals surface area contributed by atoms with E-state index in [9.17, 15) is 19.2 Å². The van der Waals surface area contributed by atoms with Gasteiger partial charge in [0.05, 0.1) is 0 Å². The molecule has 10 heteroatoms. The third-order valence-electron chi connectivity index (χ3n) is 2.46. The molecule has 10 nitrogen and oxygen atoms in total. The summed E-state index contributed by atoms with van der Waals surface area (Å²) in [7, 11) is 0. The third-order valence-corrected chi connectivity index (χ3v) is 2.46. The van der Waals surface area contributed by atoms with Gasteiger partial charge in [0.1, 0.15) is 32.6 Å². The molecular weight excluding hydrogens is 348 g/mol. The average molecular weight is 372 g/mol. The van der Waals surface area contributed by atoms with Crippen molar-refractivity contribution in [2.75, 3.05) is 26.4 Å². The first-order chi connectivity index (χ1) is 12.1. The van der Waals surface area contributed by atoms with Gasteiger partial charge in [0.15, 0.2) is 0 Å². The molecule has 0 rings (SSSR count). The maximum atomic E-state index is 11.5. The van der Waals surface area contributed by atoms with E-state index in [2.05, 4.69) is 23.8 Å². The van der Waals surface area contributed by atoms with E-state index in [0.717, 1.165) is 0 Å². The summed E-state index contributed by atoms with van der Waals surface area (Å²) >= 11 is 0. The first-order valence-corrected chi connectivity index (χ1v) is 7.65.